The van der Waals surface area contributed by atoms with Gasteiger partial charge < -0.3 is 5.11 Å². The van der Waals surface area contributed by atoms with Crippen LogP contribution in [0.25, 0.3) is 0 Å². The molecule has 0 saturated heterocycles. The molecule has 1 N–H and O–H groups in total. The van der Waals surface area contributed by atoms with Crippen LogP contribution in [0.5, 0.6) is 0 Å². The molecule has 3 heteroatoms. The first-order chi connectivity index (χ1) is 11.2. The SMILES string of the molecule is CCCCCCCCC(=O)CCC=CC=CC=CC=CC(=O)O. The van der Waals surface area contributed by atoms with Crippen LogP contribution < -0.4 is 0 Å². The third kappa shape index (κ3) is 18.1. The van der Waals surface area contributed by atoms with E-state index in [1.165, 1.54) is 38.2 Å². The highest BCUT2D eigenvalue weighted by molar-refractivity contribution is 5.80. The quantitative estimate of drug-likeness (QED) is 0.265. The van der Waals surface area contributed by atoms with Crippen LogP contribution >= 0.6 is 0 Å². The minimum absolute atomic E-state index is 0.354. The van der Waals surface area contributed by atoms with Gasteiger partial charge in [0, 0.05) is 18.9 Å². The summed E-state index contributed by atoms with van der Waals surface area (Å²) in [5, 5.41) is 8.38. The second-order valence-electron chi connectivity index (χ2n) is 5.49. The van der Waals surface area contributed by atoms with Gasteiger partial charge in [0.25, 0.3) is 0 Å². The molecule has 0 amide bonds. The number of allylic oxidation sites excluding steroid dienone is 7. The molecule has 0 aromatic heterocycles. The van der Waals surface area contributed by atoms with Gasteiger partial charge in [0.15, 0.2) is 0 Å². The molecule has 3 nitrogen and oxygen atoms in total. The van der Waals surface area contributed by atoms with E-state index >= 15 is 0 Å². The van der Waals surface area contributed by atoms with E-state index in [1.54, 1.807) is 12.2 Å². The van der Waals surface area contributed by atoms with Gasteiger partial charge in [-0.05, 0) is 12.8 Å². The lowest BCUT2D eigenvalue weighted by Gasteiger charge is -2.00. The van der Waals surface area contributed by atoms with E-state index in [0.717, 1.165) is 18.9 Å². The summed E-state index contributed by atoms with van der Waals surface area (Å²) in [5.41, 5.74) is 0. The molecule has 0 aliphatic carbocycles. The monoisotopic (exact) mass is 318 g/mol. The van der Waals surface area contributed by atoms with Gasteiger partial charge in [-0.15, -0.1) is 0 Å². The second-order valence-corrected chi connectivity index (χ2v) is 5.49. The Bertz CT molecular complexity index is 428. The third-order valence-electron chi connectivity index (χ3n) is 3.33. The minimum atomic E-state index is -0.954. The lowest BCUT2D eigenvalue weighted by molar-refractivity contribution is -0.131. The average molecular weight is 318 g/mol. The maximum Gasteiger partial charge on any atom is 0.328 e. The van der Waals surface area contributed by atoms with Gasteiger partial charge in [0.1, 0.15) is 5.78 Å². The number of carbonyl (C=O) groups excluding carboxylic acids is 1. The predicted molar refractivity (Wildman–Crippen MR) is 96.4 cm³/mol. The highest BCUT2D eigenvalue weighted by atomic mass is 16.4. The smallest absolute Gasteiger partial charge is 0.328 e. The van der Waals surface area contributed by atoms with E-state index in [9.17, 15) is 9.59 Å². The summed E-state index contributed by atoms with van der Waals surface area (Å²) in [6.07, 6.45) is 23.0. The number of carboxylic acid groups (broad SMARTS) is 1. The summed E-state index contributed by atoms with van der Waals surface area (Å²) in [5.74, 6) is -0.600. The molecule has 0 fully saturated rings. The topological polar surface area (TPSA) is 54.4 Å². The fraction of sp³-hybridized carbons (Fsp3) is 0.500. The average Bonchev–Trinajstić information content (AvgIpc) is 2.52. The van der Waals surface area contributed by atoms with E-state index in [-0.39, 0.29) is 0 Å². The first-order valence-electron chi connectivity index (χ1n) is 8.58. The first kappa shape index (κ1) is 21.1. The Kier molecular flexibility index (Phi) is 15.1. The molecule has 0 spiro atoms. The van der Waals surface area contributed by atoms with E-state index in [4.69, 9.17) is 5.11 Å². The number of hydrogen-bond donors (Lipinski definition) is 1. The van der Waals surface area contributed by atoms with Gasteiger partial charge in [0.05, 0.1) is 0 Å². The number of hydrogen-bond acceptors (Lipinski definition) is 2. The van der Waals surface area contributed by atoms with Gasteiger partial charge in [-0.2, -0.15) is 0 Å². The van der Waals surface area contributed by atoms with E-state index in [1.807, 2.05) is 24.3 Å². The zero-order valence-electron chi connectivity index (χ0n) is 14.2. The van der Waals surface area contributed by atoms with Crippen LogP contribution in [0.15, 0.2) is 48.6 Å². The highest BCUT2D eigenvalue weighted by Crippen LogP contribution is 2.08. The molecule has 0 unspecified atom stereocenters. The number of rotatable bonds is 14. The van der Waals surface area contributed by atoms with Crippen molar-refractivity contribution in [3.8, 4) is 0 Å². The Morgan fingerprint density at radius 3 is 2.09 bits per heavy atom. The Balaban J connectivity index is 3.57. The van der Waals surface area contributed by atoms with Crippen molar-refractivity contribution >= 4 is 11.8 Å². The summed E-state index contributed by atoms with van der Waals surface area (Å²) in [6, 6.07) is 0. The van der Waals surface area contributed by atoms with Crippen LogP contribution in [0.1, 0.15) is 64.7 Å². The van der Waals surface area contributed by atoms with Gasteiger partial charge >= 0.3 is 5.97 Å². The van der Waals surface area contributed by atoms with Crippen LogP contribution in [-0.4, -0.2) is 16.9 Å². The number of aliphatic carboxylic acids is 1. The molecule has 0 heterocycles. The summed E-state index contributed by atoms with van der Waals surface area (Å²) in [6.45, 7) is 2.21. The molecule has 128 valence electrons. The van der Waals surface area contributed by atoms with Crippen LogP contribution in [0.4, 0.5) is 0 Å². The van der Waals surface area contributed by atoms with Crippen molar-refractivity contribution < 1.29 is 14.7 Å². The molecule has 0 aromatic rings. The van der Waals surface area contributed by atoms with Crippen molar-refractivity contribution in [2.75, 3.05) is 0 Å². The molecule has 23 heavy (non-hydrogen) atoms. The van der Waals surface area contributed by atoms with Crippen molar-refractivity contribution in [2.24, 2.45) is 0 Å². The molecule has 0 saturated carbocycles. The molecule has 0 atom stereocenters. The minimum Gasteiger partial charge on any atom is -0.478 e. The third-order valence-corrected chi connectivity index (χ3v) is 3.33. The molecule has 0 radical (unpaired) electrons. The van der Waals surface area contributed by atoms with Crippen LogP contribution in [0, 0.1) is 0 Å². The van der Waals surface area contributed by atoms with E-state index in [0.29, 0.717) is 18.6 Å². The molecule has 0 bridgehead atoms. The summed E-state index contributed by atoms with van der Waals surface area (Å²) < 4.78 is 0. The number of carboxylic acids is 1. The van der Waals surface area contributed by atoms with Gasteiger partial charge in [-0.1, -0.05) is 81.6 Å². The van der Waals surface area contributed by atoms with Crippen molar-refractivity contribution in [1.29, 1.82) is 0 Å². The molecule has 0 aliphatic heterocycles. The number of ketones is 1. The lowest BCUT2D eigenvalue weighted by Crippen LogP contribution is -1.96. The fourth-order valence-electron chi connectivity index (χ4n) is 2.04. The zero-order valence-corrected chi connectivity index (χ0v) is 14.2. The maximum atomic E-state index is 11.7. The van der Waals surface area contributed by atoms with Crippen LogP contribution in [0.3, 0.4) is 0 Å². The number of Topliss-reactive ketones (excluding diaryl/α,β-unsaturated/α-hetero) is 1. The molecular weight excluding hydrogens is 288 g/mol. The van der Waals surface area contributed by atoms with Crippen molar-refractivity contribution in [1.82, 2.24) is 0 Å². The van der Waals surface area contributed by atoms with Gasteiger partial charge in [-0.25, -0.2) is 4.79 Å². The molecular formula is C20H30O3. The van der Waals surface area contributed by atoms with Gasteiger partial charge in [-0.3, -0.25) is 4.79 Å². The van der Waals surface area contributed by atoms with Crippen molar-refractivity contribution in [3.05, 3.63) is 48.6 Å². The standard InChI is InChI=1S/C20H30O3/c1-2-3-4-5-10-13-16-19(21)17-14-11-8-6-7-9-12-15-18-20(22)23/h6-9,11-12,15,18H,2-5,10,13-14,16-17H2,1H3,(H,22,23). The van der Waals surface area contributed by atoms with Crippen molar-refractivity contribution in [3.63, 3.8) is 0 Å². The lowest BCUT2D eigenvalue weighted by atomic mass is 10.1. The highest BCUT2D eigenvalue weighted by Gasteiger charge is 1.99. The van der Waals surface area contributed by atoms with Crippen LogP contribution in [0.2, 0.25) is 0 Å². The number of unbranched alkanes of at least 4 members (excludes halogenated alkanes) is 5. The Hall–Kier alpha value is -1.90. The first-order valence-corrected chi connectivity index (χ1v) is 8.58. The summed E-state index contributed by atoms with van der Waals surface area (Å²) in [7, 11) is 0. The van der Waals surface area contributed by atoms with Crippen molar-refractivity contribution in [2.45, 2.75) is 64.7 Å². The van der Waals surface area contributed by atoms with E-state index in [2.05, 4.69) is 6.92 Å². The van der Waals surface area contributed by atoms with E-state index < -0.39 is 5.97 Å². The normalized spacial score (nSPS) is 12.2. The second kappa shape index (κ2) is 16.5. The largest absolute Gasteiger partial charge is 0.478 e. The Morgan fingerprint density at radius 2 is 1.39 bits per heavy atom. The fourth-order valence-corrected chi connectivity index (χ4v) is 2.04. The molecule has 0 aromatic carbocycles. The van der Waals surface area contributed by atoms with Crippen LogP contribution in [-0.2, 0) is 9.59 Å². The summed E-state index contributed by atoms with van der Waals surface area (Å²) >= 11 is 0. The van der Waals surface area contributed by atoms with Gasteiger partial charge in [0.2, 0.25) is 0 Å². The maximum absolute atomic E-state index is 11.7. The predicted octanol–water partition coefficient (Wildman–Crippen LogP) is 5.40. The Labute approximate surface area is 140 Å². The molecule has 0 aliphatic rings. The Morgan fingerprint density at radius 1 is 0.783 bits per heavy atom. The number of carbonyl (C=O) groups is 2. The zero-order chi connectivity index (χ0) is 17.2. The molecule has 0 rings (SSSR count). The summed E-state index contributed by atoms with van der Waals surface area (Å²) in [4.78, 5) is 21.9.